The summed E-state index contributed by atoms with van der Waals surface area (Å²) in [6.45, 7) is -4.90. The van der Waals surface area contributed by atoms with Crippen LogP contribution in [0.4, 0.5) is 0 Å². The molecule has 0 atom stereocenters. The van der Waals surface area contributed by atoms with Gasteiger partial charge in [-0.1, -0.05) is 242 Å². The van der Waals surface area contributed by atoms with Crippen molar-refractivity contribution in [3.63, 3.8) is 0 Å². The van der Waals surface area contributed by atoms with E-state index in [-0.39, 0.29) is 32.2 Å². The summed E-state index contributed by atoms with van der Waals surface area (Å²) in [5.41, 5.74) is 20.3. The van der Waals surface area contributed by atoms with E-state index in [2.05, 4.69) is 146 Å². The predicted octanol–water partition coefficient (Wildman–Crippen LogP) is 19.1. The largest absolute Gasteiger partial charge is 2.00 e. The molecule has 3 nitrogen and oxygen atoms in total. The van der Waals surface area contributed by atoms with Crippen LogP contribution in [0.3, 0.4) is 0 Å². The van der Waals surface area contributed by atoms with Gasteiger partial charge in [0.15, 0.2) is 0 Å². The number of aromatic nitrogens is 2. The molecular weight excluding hydrogens is 1100 g/mol. The molecule has 0 saturated heterocycles. The third-order valence-corrected chi connectivity index (χ3v) is 14.6. The summed E-state index contributed by atoms with van der Waals surface area (Å²) in [5.74, 6) is 0.762. The summed E-state index contributed by atoms with van der Waals surface area (Å²) in [4.78, 5) is 9.91. The van der Waals surface area contributed by atoms with Crippen LogP contribution in [0.1, 0.15) is 19.4 Å². The fraction of sp³-hybridized carbons (Fsp3) is 0.0278. The number of benzene rings is 10. The van der Waals surface area contributed by atoms with E-state index in [9.17, 15) is 0 Å². The minimum atomic E-state index is -2.45. The van der Waals surface area contributed by atoms with Crippen LogP contribution in [-0.4, -0.2) is 9.97 Å². The summed E-state index contributed by atoms with van der Waals surface area (Å²) in [5, 5.41) is 0. The Hall–Kier alpha value is -9.01. The molecule has 2 aliphatic carbocycles. The molecule has 0 fully saturated rings. The van der Waals surface area contributed by atoms with Crippen LogP contribution in [0.5, 0.6) is 11.5 Å². The maximum atomic E-state index is 8.63. The van der Waals surface area contributed by atoms with Gasteiger partial charge in [0.2, 0.25) is 0 Å². The standard InChI is InChI=1S/C72H46N2O.Pt/c1-45-43-73-67(41-63(45)47-21-5-3-6-22-47)49-37-65-59-33-15-13-29-55(59)51-25-9-11-27-53(51)57-31-17-19-35-61(57)71(65)69(39-49)75-70-40-50(68-42-64(46(2)44-74-68)48-23-7-4-8-24-48)38-66-60-34-16-14-30-56(60)52-26-10-12-28-54(52)58-32-18-20-36-62(58)72(66)70;/h3-38,41-44H,1-2H3;/q-2;+2/i1D3,2D3;. The van der Waals surface area contributed by atoms with Crippen LogP contribution in [-0.2, 0) is 21.1 Å². The van der Waals surface area contributed by atoms with Crippen molar-refractivity contribution < 1.29 is 34.0 Å². The van der Waals surface area contributed by atoms with Crippen LogP contribution in [0.25, 0.3) is 134 Å². The number of hydrogen-bond acceptors (Lipinski definition) is 3. The maximum Gasteiger partial charge on any atom is 2.00 e. The van der Waals surface area contributed by atoms with Crippen LogP contribution in [0, 0.1) is 25.8 Å². The molecule has 0 radical (unpaired) electrons. The summed E-state index contributed by atoms with van der Waals surface area (Å²) in [6, 6.07) is 85.1. The molecule has 0 unspecified atom stereocenters. The Balaban J connectivity index is 0.00000631. The normalized spacial score (nSPS) is 12.9. The fourth-order valence-corrected chi connectivity index (χ4v) is 11.2. The molecule has 4 heteroatoms. The van der Waals surface area contributed by atoms with Gasteiger partial charge < -0.3 is 14.7 Å². The first-order valence-electron chi connectivity index (χ1n) is 28.0. The summed E-state index contributed by atoms with van der Waals surface area (Å²) < 4.78 is 59.6. The molecule has 10 aromatic carbocycles. The Morgan fingerprint density at radius 3 is 0.908 bits per heavy atom. The third-order valence-electron chi connectivity index (χ3n) is 14.6. The van der Waals surface area contributed by atoms with Crippen molar-refractivity contribution >= 4 is 0 Å². The Labute approximate surface area is 466 Å². The maximum absolute atomic E-state index is 8.63. The number of fused-ring (bicyclic) bond motifs is 16. The molecule has 2 heterocycles. The number of ether oxygens (including phenoxy) is 1. The Morgan fingerprint density at radius 2 is 0.592 bits per heavy atom. The van der Waals surface area contributed by atoms with Gasteiger partial charge in [-0.25, -0.2) is 0 Å². The average molecular weight is 1160 g/mol. The second kappa shape index (κ2) is 19.4. The summed E-state index contributed by atoms with van der Waals surface area (Å²) in [6.07, 6.45) is 2.94. The summed E-state index contributed by atoms with van der Waals surface area (Å²) in [7, 11) is 0. The molecule has 0 bridgehead atoms. The number of rotatable bonds is 6. The van der Waals surface area contributed by atoms with E-state index in [4.69, 9.17) is 22.9 Å². The van der Waals surface area contributed by atoms with Gasteiger partial charge in [0.05, 0.1) is 11.5 Å². The van der Waals surface area contributed by atoms with E-state index in [0.29, 0.717) is 45.1 Å². The molecule has 0 N–H and O–H groups in total. The van der Waals surface area contributed by atoms with Crippen molar-refractivity contribution in [3.8, 4) is 145 Å². The van der Waals surface area contributed by atoms with Crippen molar-refractivity contribution in [1.82, 2.24) is 9.97 Å². The summed E-state index contributed by atoms with van der Waals surface area (Å²) >= 11 is 0. The van der Waals surface area contributed by atoms with Gasteiger partial charge in [0.25, 0.3) is 0 Å². The van der Waals surface area contributed by atoms with Crippen molar-refractivity contribution in [2.45, 2.75) is 13.7 Å². The monoisotopic (exact) mass is 1160 g/mol. The van der Waals surface area contributed by atoms with E-state index in [1.165, 1.54) is 12.4 Å². The van der Waals surface area contributed by atoms with Gasteiger partial charge >= 0.3 is 21.1 Å². The zero-order valence-corrected chi connectivity index (χ0v) is 43.0. The number of nitrogens with zero attached hydrogens (tertiary/aromatic N) is 2. The number of hydrogen-bond donors (Lipinski definition) is 0. The van der Waals surface area contributed by atoms with E-state index in [0.717, 1.165) is 100 Å². The Bertz CT molecular complexity index is 4190. The topological polar surface area (TPSA) is 35.0 Å². The molecule has 0 amide bonds. The molecule has 0 spiro atoms. The smallest absolute Gasteiger partial charge is 0.495 e. The minimum absolute atomic E-state index is 0. The van der Waals surface area contributed by atoms with Gasteiger partial charge in [-0.3, -0.25) is 0 Å². The Morgan fingerprint density at radius 1 is 0.316 bits per heavy atom. The SMILES string of the molecule is [2H]C([2H])([2H])c1cnc(-c2[c-]c(Oc3[c-]c(-c4cc(-c5ccccc5)c(C([2H])([2H])[2H])cn4)cc4c3-c3ccccc3-c3ccccc3-c3ccccc3-4)c3c(c2)-c2ccccc2-c2ccccc2-c2ccccc2-3)cc1-c1ccccc1.[Pt+2]. The minimum Gasteiger partial charge on any atom is -0.495 e. The molecule has 360 valence electrons. The molecule has 12 aromatic rings. The van der Waals surface area contributed by atoms with E-state index in [1.54, 1.807) is 0 Å². The fourth-order valence-electron chi connectivity index (χ4n) is 11.2. The second-order valence-corrected chi connectivity index (χ2v) is 18.9. The van der Waals surface area contributed by atoms with Crippen LogP contribution >= 0.6 is 0 Å². The molecule has 2 aromatic heterocycles. The first-order chi connectivity index (χ1) is 39.5. The number of aryl methyl sites for hydroxylation is 2. The molecule has 14 rings (SSSR count). The quantitative estimate of drug-likeness (QED) is 0.156. The third kappa shape index (κ3) is 7.95. The molecule has 2 aliphatic rings. The first-order valence-corrected chi connectivity index (χ1v) is 25.0. The van der Waals surface area contributed by atoms with E-state index < -0.39 is 13.7 Å². The average Bonchev–Trinajstić information content (AvgIpc) is 3.59. The van der Waals surface area contributed by atoms with Crippen LogP contribution < -0.4 is 4.74 Å². The zero-order valence-electron chi connectivity index (χ0n) is 46.7. The number of pyridine rings is 2. The van der Waals surface area contributed by atoms with Gasteiger partial charge in [0.1, 0.15) is 0 Å². The molecule has 0 aliphatic heterocycles. The molecular formula is C72H46N2OPt. The van der Waals surface area contributed by atoms with Gasteiger partial charge in [-0.15, -0.1) is 23.3 Å². The molecule has 0 saturated carbocycles. The van der Waals surface area contributed by atoms with E-state index >= 15 is 0 Å². The predicted molar refractivity (Wildman–Crippen MR) is 308 cm³/mol. The Kier molecular flexibility index (Phi) is 10.3. The van der Waals surface area contributed by atoms with Crippen molar-refractivity contribution in [2.24, 2.45) is 0 Å². The van der Waals surface area contributed by atoms with Crippen molar-refractivity contribution in [3.05, 3.63) is 266 Å². The second-order valence-electron chi connectivity index (χ2n) is 18.9. The zero-order chi connectivity index (χ0) is 55.0. The van der Waals surface area contributed by atoms with Crippen molar-refractivity contribution in [1.29, 1.82) is 0 Å². The van der Waals surface area contributed by atoms with Crippen molar-refractivity contribution in [2.75, 3.05) is 0 Å². The van der Waals surface area contributed by atoms with Crippen LogP contribution in [0.15, 0.2) is 243 Å². The van der Waals surface area contributed by atoms with Gasteiger partial charge in [-0.05, 0) is 136 Å². The van der Waals surface area contributed by atoms with Gasteiger partial charge in [-0.2, -0.15) is 0 Å². The molecule has 76 heavy (non-hydrogen) atoms. The van der Waals surface area contributed by atoms with Gasteiger partial charge in [0, 0.05) is 20.6 Å². The van der Waals surface area contributed by atoms with E-state index in [1.807, 2.05) is 97.1 Å². The first kappa shape index (κ1) is 40.4. The van der Waals surface area contributed by atoms with Crippen LogP contribution in [0.2, 0.25) is 0 Å².